The quantitative estimate of drug-likeness (QED) is 0.374. The van der Waals surface area contributed by atoms with Crippen LogP contribution in [-0.4, -0.2) is 6.54 Å². The number of nitrogens with one attached hydrogen (secondary N) is 1. The third-order valence-corrected chi connectivity index (χ3v) is 4.88. The van der Waals surface area contributed by atoms with Gasteiger partial charge in [-0.15, -0.1) is 0 Å². The van der Waals surface area contributed by atoms with E-state index in [2.05, 4.69) is 63.3 Å². The predicted molar refractivity (Wildman–Crippen MR) is 108 cm³/mol. The fourth-order valence-corrected chi connectivity index (χ4v) is 3.43. The monoisotopic (exact) mass is 331 g/mol. The smallest absolute Gasteiger partial charge is 0.0369 e. The Labute approximate surface area is 151 Å². The number of hydrogen-bond donors (Lipinski definition) is 1. The van der Waals surface area contributed by atoms with E-state index in [1.807, 2.05) is 0 Å². The Hall–Kier alpha value is -0.820. The molecular weight excluding hydrogens is 290 g/mol. The van der Waals surface area contributed by atoms with E-state index in [0.29, 0.717) is 6.04 Å². The van der Waals surface area contributed by atoms with E-state index in [9.17, 15) is 0 Å². The minimum atomic E-state index is 0.250. The maximum Gasteiger partial charge on any atom is 0.0369 e. The highest BCUT2D eigenvalue weighted by Crippen LogP contribution is 2.32. The van der Waals surface area contributed by atoms with Gasteiger partial charge in [-0.3, -0.25) is 0 Å². The zero-order chi connectivity index (χ0) is 17.7. The first-order valence-electron chi connectivity index (χ1n) is 10.3. The summed E-state index contributed by atoms with van der Waals surface area (Å²) in [4.78, 5) is 0. The van der Waals surface area contributed by atoms with Crippen molar-refractivity contribution in [1.29, 1.82) is 0 Å². The molecule has 0 radical (unpaired) electrons. The largest absolute Gasteiger partial charge is 0.309 e. The molecule has 138 valence electrons. The van der Waals surface area contributed by atoms with E-state index in [-0.39, 0.29) is 5.41 Å². The van der Waals surface area contributed by atoms with E-state index in [1.54, 1.807) is 0 Å². The minimum absolute atomic E-state index is 0.250. The lowest BCUT2D eigenvalue weighted by atomic mass is 9.82. The molecule has 1 aromatic carbocycles. The zero-order valence-electron chi connectivity index (χ0n) is 16.7. The molecule has 1 N–H and O–H groups in total. The van der Waals surface area contributed by atoms with E-state index < -0.39 is 0 Å². The molecule has 0 aliphatic rings. The van der Waals surface area contributed by atoms with Crippen LogP contribution in [0.2, 0.25) is 0 Å². The van der Waals surface area contributed by atoms with Crippen molar-refractivity contribution in [2.24, 2.45) is 5.41 Å². The van der Waals surface area contributed by atoms with Crippen molar-refractivity contribution < 1.29 is 0 Å². The third kappa shape index (κ3) is 9.47. The molecule has 24 heavy (non-hydrogen) atoms. The van der Waals surface area contributed by atoms with E-state index >= 15 is 0 Å². The number of rotatable bonds is 13. The van der Waals surface area contributed by atoms with Crippen LogP contribution >= 0.6 is 0 Å². The maximum absolute atomic E-state index is 3.80. The molecule has 0 spiro atoms. The summed E-state index contributed by atoms with van der Waals surface area (Å²) in [6, 6.07) is 11.3. The fraction of sp³-hybridized carbons (Fsp3) is 0.739. The van der Waals surface area contributed by atoms with Crippen LogP contribution in [0.15, 0.2) is 30.3 Å². The Balaban J connectivity index is 2.12. The van der Waals surface area contributed by atoms with Gasteiger partial charge < -0.3 is 5.32 Å². The van der Waals surface area contributed by atoms with Gasteiger partial charge in [-0.05, 0) is 23.9 Å². The number of unbranched alkanes of at least 4 members (excludes halogenated alkanes) is 9. The van der Waals surface area contributed by atoms with Crippen LogP contribution in [0.5, 0.6) is 0 Å². The fourth-order valence-electron chi connectivity index (χ4n) is 3.43. The van der Waals surface area contributed by atoms with Crippen LogP contribution in [0.3, 0.4) is 0 Å². The van der Waals surface area contributed by atoms with E-state index in [4.69, 9.17) is 0 Å². The van der Waals surface area contributed by atoms with Gasteiger partial charge in [0, 0.05) is 6.04 Å². The molecule has 1 unspecified atom stereocenters. The summed E-state index contributed by atoms with van der Waals surface area (Å²) in [6.07, 6.45) is 14.0. The van der Waals surface area contributed by atoms with Crippen LogP contribution in [0.1, 0.15) is 104 Å². The molecule has 0 aromatic heterocycles. The average Bonchev–Trinajstić information content (AvgIpc) is 2.55. The van der Waals surface area contributed by atoms with Crippen LogP contribution in [0.25, 0.3) is 0 Å². The van der Waals surface area contributed by atoms with Gasteiger partial charge >= 0.3 is 0 Å². The lowest BCUT2D eigenvalue weighted by Crippen LogP contribution is -2.33. The first kappa shape index (κ1) is 21.2. The van der Waals surface area contributed by atoms with Gasteiger partial charge in [-0.2, -0.15) is 0 Å². The number of hydrogen-bond acceptors (Lipinski definition) is 1. The molecule has 0 fully saturated rings. The van der Waals surface area contributed by atoms with Gasteiger partial charge in [0.15, 0.2) is 0 Å². The summed E-state index contributed by atoms with van der Waals surface area (Å²) in [5.74, 6) is 0. The Morgan fingerprint density at radius 3 is 1.75 bits per heavy atom. The van der Waals surface area contributed by atoms with Crippen molar-refractivity contribution in [1.82, 2.24) is 5.32 Å². The Morgan fingerprint density at radius 2 is 1.25 bits per heavy atom. The summed E-state index contributed by atoms with van der Waals surface area (Å²) in [5, 5.41) is 3.80. The molecule has 0 saturated heterocycles. The Kier molecular flexibility index (Phi) is 11.1. The molecule has 1 rings (SSSR count). The highest BCUT2D eigenvalue weighted by molar-refractivity contribution is 5.20. The van der Waals surface area contributed by atoms with Crippen LogP contribution < -0.4 is 5.32 Å². The molecule has 0 bridgehead atoms. The first-order chi connectivity index (χ1) is 11.6. The highest BCUT2D eigenvalue weighted by atomic mass is 14.9. The molecule has 1 heteroatoms. The molecule has 0 heterocycles. The van der Waals surface area contributed by atoms with Crippen molar-refractivity contribution in [2.75, 3.05) is 6.54 Å². The molecule has 0 amide bonds. The maximum atomic E-state index is 3.80. The third-order valence-electron chi connectivity index (χ3n) is 4.88. The molecule has 1 aromatic rings. The summed E-state index contributed by atoms with van der Waals surface area (Å²) in [7, 11) is 0. The van der Waals surface area contributed by atoms with Gasteiger partial charge in [0.2, 0.25) is 0 Å². The summed E-state index contributed by atoms with van der Waals surface area (Å²) in [5.41, 5.74) is 1.66. The summed E-state index contributed by atoms with van der Waals surface area (Å²) >= 11 is 0. The van der Waals surface area contributed by atoms with Gasteiger partial charge in [-0.25, -0.2) is 0 Å². The van der Waals surface area contributed by atoms with E-state index in [1.165, 1.54) is 69.8 Å². The lowest BCUT2D eigenvalue weighted by molar-refractivity contribution is 0.271. The number of benzene rings is 1. The van der Waals surface area contributed by atoms with Crippen LogP contribution in [0, 0.1) is 5.41 Å². The minimum Gasteiger partial charge on any atom is -0.309 e. The Morgan fingerprint density at radius 1 is 0.750 bits per heavy atom. The molecule has 0 aliphatic carbocycles. The predicted octanol–water partition coefficient (Wildman–Crippen LogP) is 7.28. The van der Waals surface area contributed by atoms with Crippen LogP contribution in [-0.2, 0) is 0 Å². The topological polar surface area (TPSA) is 12.0 Å². The Bertz CT molecular complexity index is 390. The van der Waals surface area contributed by atoms with Crippen molar-refractivity contribution in [2.45, 2.75) is 97.9 Å². The van der Waals surface area contributed by atoms with Gasteiger partial charge in [0.1, 0.15) is 0 Å². The van der Waals surface area contributed by atoms with Gasteiger partial charge in [0.05, 0.1) is 0 Å². The second-order valence-electron chi connectivity index (χ2n) is 8.35. The van der Waals surface area contributed by atoms with Crippen molar-refractivity contribution in [3.05, 3.63) is 35.9 Å². The molecule has 0 saturated carbocycles. The van der Waals surface area contributed by atoms with Crippen molar-refractivity contribution in [3.63, 3.8) is 0 Å². The lowest BCUT2D eigenvalue weighted by Gasteiger charge is -2.32. The molecule has 1 atom stereocenters. The van der Waals surface area contributed by atoms with E-state index in [0.717, 1.165) is 6.54 Å². The zero-order valence-corrected chi connectivity index (χ0v) is 16.7. The van der Waals surface area contributed by atoms with Crippen molar-refractivity contribution in [3.8, 4) is 0 Å². The van der Waals surface area contributed by atoms with Gasteiger partial charge in [-0.1, -0.05) is 116 Å². The summed E-state index contributed by atoms with van der Waals surface area (Å²) in [6.45, 7) is 10.4. The molecular formula is C23H41N. The molecule has 0 aliphatic heterocycles. The second-order valence-corrected chi connectivity index (χ2v) is 8.35. The average molecular weight is 332 g/mol. The molecule has 1 nitrogen and oxygen atoms in total. The SMILES string of the molecule is CCCCCCCCCCCCNC(c1ccccc1)C(C)(C)C. The highest BCUT2D eigenvalue weighted by Gasteiger charge is 2.25. The van der Waals surface area contributed by atoms with Crippen LogP contribution in [0.4, 0.5) is 0 Å². The second kappa shape index (κ2) is 12.5. The summed E-state index contributed by atoms with van der Waals surface area (Å²) < 4.78 is 0. The van der Waals surface area contributed by atoms with Crippen molar-refractivity contribution >= 4 is 0 Å². The standard InChI is InChI=1S/C23H41N/c1-5-6-7-8-9-10-11-12-13-17-20-24-22(23(2,3)4)21-18-15-14-16-19-21/h14-16,18-19,22,24H,5-13,17,20H2,1-4H3. The first-order valence-corrected chi connectivity index (χ1v) is 10.3. The normalized spacial score (nSPS) is 13.2. The van der Waals surface area contributed by atoms with Gasteiger partial charge in [0.25, 0.3) is 0 Å².